The predicted octanol–water partition coefficient (Wildman–Crippen LogP) is 3.80. The summed E-state index contributed by atoms with van der Waals surface area (Å²) >= 11 is 0. The molecular formula is C20H24F3N3O. The van der Waals surface area contributed by atoms with Gasteiger partial charge in [-0.05, 0) is 37.0 Å². The standard InChI is InChI=1S/C20H24F3N3O/c21-20(22,23)16-3-4-17-18(12-16)24-6-5-19(17)26-7-1-2-15(14-26)13-25-8-10-27-11-9-25/h3-6,12,15H,1-2,7-11,13-14H2. The first-order valence-corrected chi connectivity index (χ1v) is 9.52. The molecule has 0 radical (unpaired) electrons. The Balaban J connectivity index is 1.54. The van der Waals surface area contributed by atoms with Gasteiger partial charge in [-0.25, -0.2) is 0 Å². The number of piperidine rings is 1. The molecule has 2 saturated heterocycles. The van der Waals surface area contributed by atoms with E-state index in [0.29, 0.717) is 11.4 Å². The van der Waals surface area contributed by atoms with Crippen molar-refractivity contribution in [1.29, 1.82) is 0 Å². The predicted molar refractivity (Wildman–Crippen MR) is 98.9 cm³/mol. The van der Waals surface area contributed by atoms with Gasteiger partial charge in [0.1, 0.15) is 0 Å². The summed E-state index contributed by atoms with van der Waals surface area (Å²) in [5, 5.41) is 0.789. The Morgan fingerprint density at radius 1 is 1.11 bits per heavy atom. The molecule has 0 N–H and O–H groups in total. The Morgan fingerprint density at radius 3 is 2.70 bits per heavy atom. The van der Waals surface area contributed by atoms with Crippen LogP contribution in [-0.4, -0.2) is 55.8 Å². The average Bonchev–Trinajstić information content (AvgIpc) is 2.67. The molecule has 0 amide bonds. The molecule has 2 aromatic rings. The van der Waals surface area contributed by atoms with E-state index in [0.717, 1.165) is 75.6 Å². The third kappa shape index (κ3) is 4.19. The van der Waals surface area contributed by atoms with E-state index in [-0.39, 0.29) is 0 Å². The number of rotatable bonds is 3. The van der Waals surface area contributed by atoms with Crippen LogP contribution in [0.4, 0.5) is 18.9 Å². The van der Waals surface area contributed by atoms with E-state index in [9.17, 15) is 13.2 Å². The van der Waals surface area contributed by atoms with Gasteiger partial charge in [0, 0.05) is 50.0 Å². The largest absolute Gasteiger partial charge is 0.416 e. The van der Waals surface area contributed by atoms with E-state index in [4.69, 9.17) is 4.74 Å². The zero-order valence-corrected chi connectivity index (χ0v) is 15.2. The van der Waals surface area contributed by atoms with E-state index in [1.807, 2.05) is 6.07 Å². The first kappa shape index (κ1) is 18.5. The number of pyridine rings is 1. The number of morpholine rings is 1. The molecule has 1 aromatic heterocycles. The van der Waals surface area contributed by atoms with Gasteiger partial charge in [-0.1, -0.05) is 6.07 Å². The van der Waals surface area contributed by atoms with Crippen molar-refractivity contribution in [1.82, 2.24) is 9.88 Å². The minimum atomic E-state index is -4.35. The summed E-state index contributed by atoms with van der Waals surface area (Å²) in [5.74, 6) is 0.564. The maximum Gasteiger partial charge on any atom is 0.416 e. The van der Waals surface area contributed by atoms with Crippen molar-refractivity contribution < 1.29 is 17.9 Å². The lowest BCUT2D eigenvalue weighted by Crippen LogP contribution is -2.44. The molecule has 146 valence electrons. The van der Waals surface area contributed by atoms with Gasteiger partial charge in [0.05, 0.1) is 24.3 Å². The van der Waals surface area contributed by atoms with Crippen molar-refractivity contribution in [3.63, 3.8) is 0 Å². The van der Waals surface area contributed by atoms with Crippen LogP contribution in [0.15, 0.2) is 30.5 Å². The summed E-state index contributed by atoms with van der Waals surface area (Å²) in [7, 11) is 0. The molecule has 0 saturated carbocycles. The Hall–Kier alpha value is -1.86. The maximum absolute atomic E-state index is 13.0. The normalized spacial score (nSPS) is 22.3. The molecule has 2 fully saturated rings. The number of fused-ring (bicyclic) bond motifs is 1. The van der Waals surface area contributed by atoms with Crippen molar-refractivity contribution in [2.75, 3.05) is 50.8 Å². The second-order valence-corrected chi connectivity index (χ2v) is 7.43. The summed E-state index contributed by atoms with van der Waals surface area (Å²) in [5.41, 5.74) is 0.738. The maximum atomic E-state index is 13.0. The molecule has 1 unspecified atom stereocenters. The number of aromatic nitrogens is 1. The van der Waals surface area contributed by atoms with Crippen LogP contribution in [0.3, 0.4) is 0 Å². The highest BCUT2D eigenvalue weighted by molar-refractivity contribution is 5.92. The number of hydrogen-bond donors (Lipinski definition) is 0. The number of halogens is 3. The number of benzene rings is 1. The molecule has 2 aliphatic heterocycles. The molecule has 27 heavy (non-hydrogen) atoms. The van der Waals surface area contributed by atoms with E-state index in [2.05, 4.69) is 14.8 Å². The SMILES string of the molecule is FC(F)(F)c1ccc2c(N3CCCC(CN4CCOCC4)C3)ccnc2c1. The third-order valence-electron chi connectivity index (χ3n) is 5.53. The van der Waals surface area contributed by atoms with Gasteiger partial charge in [-0.3, -0.25) is 9.88 Å². The molecule has 4 rings (SSSR count). The first-order chi connectivity index (χ1) is 13.0. The van der Waals surface area contributed by atoms with Crippen molar-refractivity contribution in [2.24, 2.45) is 5.92 Å². The van der Waals surface area contributed by atoms with E-state index >= 15 is 0 Å². The zero-order valence-electron chi connectivity index (χ0n) is 15.2. The van der Waals surface area contributed by atoms with E-state index in [1.165, 1.54) is 6.42 Å². The number of ether oxygens (including phenoxy) is 1. The highest BCUT2D eigenvalue weighted by Crippen LogP contribution is 2.34. The summed E-state index contributed by atoms with van der Waals surface area (Å²) < 4.78 is 44.4. The van der Waals surface area contributed by atoms with E-state index < -0.39 is 11.7 Å². The molecule has 7 heteroatoms. The quantitative estimate of drug-likeness (QED) is 0.811. The summed E-state index contributed by atoms with van der Waals surface area (Å²) in [6.45, 7) is 6.47. The highest BCUT2D eigenvalue weighted by Gasteiger charge is 2.31. The first-order valence-electron chi connectivity index (χ1n) is 9.52. The lowest BCUT2D eigenvalue weighted by Gasteiger charge is -2.38. The van der Waals surface area contributed by atoms with Crippen LogP contribution < -0.4 is 4.90 Å². The number of nitrogens with zero attached hydrogens (tertiary/aromatic N) is 3. The van der Waals surface area contributed by atoms with Crippen LogP contribution in [0.2, 0.25) is 0 Å². The van der Waals surface area contributed by atoms with Gasteiger partial charge in [0.25, 0.3) is 0 Å². The number of anilines is 1. The monoisotopic (exact) mass is 379 g/mol. The molecule has 1 aromatic carbocycles. The van der Waals surface area contributed by atoms with Gasteiger partial charge in [-0.15, -0.1) is 0 Å². The second-order valence-electron chi connectivity index (χ2n) is 7.43. The van der Waals surface area contributed by atoms with Gasteiger partial charge in [0.15, 0.2) is 0 Å². The van der Waals surface area contributed by atoms with Crippen LogP contribution in [0.5, 0.6) is 0 Å². The Bertz CT molecular complexity index is 790. The summed E-state index contributed by atoms with van der Waals surface area (Å²) in [6, 6.07) is 5.79. The average molecular weight is 379 g/mol. The fourth-order valence-electron chi connectivity index (χ4n) is 4.17. The van der Waals surface area contributed by atoms with Gasteiger partial charge in [0.2, 0.25) is 0 Å². The van der Waals surface area contributed by atoms with Gasteiger partial charge >= 0.3 is 6.18 Å². The molecule has 2 aliphatic rings. The van der Waals surface area contributed by atoms with Crippen LogP contribution in [0, 0.1) is 5.92 Å². The molecule has 4 nitrogen and oxygen atoms in total. The van der Waals surface area contributed by atoms with Crippen LogP contribution in [0.25, 0.3) is 10.9 Å². The van der Waals surface area contributed by atoms with Gasteiger partial charge in [-0.2, -0.15) is 13.2 Å². The fraction of sp³-hybridized carbons (Fsp3) is 0.550. The zero-order chi connectivity index (χ0) is 18.9. The fourth-order valence-corrected chi connectivity index (χ4v) is 4.17. The minimum absolute atomic E-state index is 0.401. The molecule has 1 atom stereocenters. The van der Waals surface area contributed by atoms with Crippen molar-refractivity contribution in [2.45, 2.75) is 19.0 Å². The third-order valence-corrected chi connectivity index (χ3v) is 5.53. The number of hydrogen-bond acceptors (Lipinski definition) is 4. The molecule has 0 spiro atoms. The van der Waals surface area contributed by atoms with Crippen LogP contribution in [0.1, 0.15) is 18.4 Å². The minimum Gasteiger partial charge on any atom is -0.379 e. The number of alkyl halides is 3. The highest BCUT2D eigenvalue weighted by atomic mass is 19.4. The Labute approximate surface area is 156 Å². The smallest absolute Gasteiger partial charge is 0.379 e. The molecule has 0 bridgehead atoms. The van der Waals surface area contributed by atoms with Crippen molar-refractivity contribution >= 4 is 16.6 Å². The van der Waals surface area contributed by atoms with Gasteiger partial charge < -0.3 is 9.64 Å². The van der Waals surface area contributed by atoms with Crippen molar-refractivity contribution in [3.8, 4) is 0 Å². The van der Waals surface area contributed by atoms with E-state index in [1.54, 1.807) is 12.3 Å². The second kappa shape index (κ2) is 7.64. The summed E-state index contributed by atoms with van der Waals surface area (Å²) in [4.78, 5) is 8.94. The van der Waals surface area contributed by atoms with Crippen molar-refractivity contribution in [3.05, 3.63) is 36.0 Å². The van der Waals surface area contributed by atoms with Crippen LogP contribution in [-0.2, 0) is 10.9 Å². The molecule has 3 heterocycles. The topological polar surface area (TPSA) is 28.6 Å². The lowest BCUT2D eigenvalue weighted by atomic mass is 9.96. The summed E-state index contributed by atoms with van der Waals surface area (Å²) in [6.07, 6.45) is -0.446. The molecular weight excluding hydrogens is 355 g/mol. The Kier molecular flexibility index (Phi) is 5.23. The molecule has 0 aliphatic carbocycles. The van der Waals surface area contributed by atoms with Crippen LogP contribution >= 0.6 is 0 Å². The Morgan fingerprint density at radius 2 is 1.93 bits per heavy atom. The lowest BCUT2D eigenvalue weighted by molar-refractivity contribution is -0.137.